The van der Waals surface area contributed by atoms with Crippen LogP contribution in [0.2, 0.25) is 5.02 Å². The summed E-state index contributed by atoms with van der Waals surface area (Å²) in [6.45, 7) is 0.0919. The fourth-order valence-electron chi connectivity index (χ4n) is 1.89. The lowest BCUT2D eigenvalue weighted by Gasteiger charge is -2.13. The van der Waals surface area contributed by atoms with E-state index in [2.05, 4.69) is 5.32 Å². The summed E-state index contributed by atoms with van der Waals surface area (Å²) in [6, 6.07) is 13.7. The van der Waals surface area contributed by atoms with Gasteiger partial charge in [0.2, 0.25) is 0 Å². The fourth-order valence-corrected chi connectivity index (χ4v) is 2.15. The molecule has 0 aliphatic rings. The molecule has 2 aromatic rings. The molecule has 2 N–H and O–H groups in total. The van der Waals surface area contributed by atoms with Crippen LogP contribution in [0.5, 0.6) is 5.75 Å². The normalized spacial score (nSPS) is 11.8. The van der Waals surface area contributed by atoms with E-state index in [-0.39, 0.29) is 12.5 Å². The quantitative estimate of drug-likeness (QED) is 0.893. The number of aliphatic hydroxyl groups excluding tert-OH is 1. The van der Waals surface area contributed by atoms with Crippen LogP contribution >= 0.6 is 11.6 Å². The summed E-state index contributed by atoms with van der Waals surface area (Å²) in [4.78, 5) is 12.0. The second kappa shape index (κ2) is 7.11. The SMILES string of the molecule is COc1ccc(C(=O)NCC(O)c2ccccc2Cl)cc1. The average Bonchev–Trinajstić information content (AvgIpc) is 2.52. The summed E-state index contributed by atoms with van der Waals surface area (Å²) in [5, 5.41) is 13.2. The molecule has 0 aliphatic heterocycles. The van der Waals surface area contributed by atoms with Crippen molar-refractivity contribution in [1.29, 1.82) is 0 Å². The number of amides is 1. The lowest BCUT2D eigenvalue weighted by Crippen LogP contribution is -2.28. The summed E-state index contributed by atoms with van der Waals surface area (Å²) in [7, 11) is 1.56. The molecule has 0 fully saturated rings. The maximum absolute atomic E-state index is 12.0. The summed E-state index contributed by atoms with van der Waals surface area (Å²) < 4.78 is 5.03. The molecule has 2 rings (SSSR count). The molecule has 0 bridgehead atoms. The van der Waals surface area contributed by atoms with Crippen molar-refractivity contribution in [2.75, 3.05) is 13.7 Å². The van der Waals surface area contributed by atoms with Gasteiger partial charge in [-0.2, -0.15) is 0 Å². The van der Waals surface area contributed by atoms with Crippen LogP contribution in [0.25, 0.3) is 0 Å². The minimum Gasteiger partial charge on any atom is -0.497 e. The predicted octanol–water partition coefficient (Wildman–Crippen LogP) is 2.81. The van der Waals surface area contributed by atoms with Gasteiger partial charge in [-0.3, -0.25) is 4.79 Å². The molecule has 4 nitrogen and oxygen atoms in total. The van der Waals surface area contributed by atoms with Crippen molar-refractivity contribution in [2.24, 2.45) is 0 Å². The molecule has 1 amide bonds. The van der Waals surface area contributed by atoms with Crippen LogP contribution < -0.4 is 10.1 Å². The zero-order valence-electron chi connectivity index (χ0n) is 11.5. The van der Waals surface area contributed by atoms with E-state index in [9.17, 15) is 9.90 Å². The number of nitrogens with one attached hydrogen (secondary N) is 1. The lowest BCUT2D eigenvalue weighted by atomic mass is 10.1. The van der Waals surface area contributed by atoms with Crippen LogP contribution in [0.1, 0.15) is 22.0 Å². The maximum atomic E-state index is 12.0. The number of carbonyl (C=O) groups excluding carboxylic acids is 1. The van der Waals surface area contributed by atoms with Gasteiger partial charge in [0.05, 0.1) is 13.2 Å². The van der Waals surface area contributed by atoms with Crippen molar-refractivity contribution in [2.45, 2.75) is 6.10 Å². The Morgan fingerprint density at radius 2 is 1.90 bits per heavy atom. The van der Waals surface area contributed by atoms with Gasteiger partial charge < -0.3 is 15.2 Å². The minimum atomic E-state index is -0.846. The number of methoxy groups -OCH3 is 1. The number of hydrogen-bond donors (Lipinski definition) is 2. The molecular formula is C16H16ClNO3. The molecule has 0 aliphatic carbocycles. The second-order valence-electron chi connectivity index (χ2n) is 4.48. The molecule has 1 unspecified atom stereocenters. The lowest BCUT2D eigenvalue weighted by molar-refractivity contribution is 0.0916. The Labute approximate surface area is 128 Å². The highest BCUT2D eigenvalue weighted by molar-refractivity contribution is 6.31. The molecular weight excluding hydrogens is 290 g/mol. The van der Waals surface area contributed by atoms with Gasteiger partial charge in [-0.15, -0.1) is 0 Å². The molecule has 2 aromatic carbocycles. The van der Waals surface area contributed by atoms with Crippen molar-refractivity contribution in [3.8, 4) is 5.75 Å². The first-order chi connectivity index (χ1) is 10.1. The Morgan fingerprint density at radius 1 is 1.24 bits per heavy atom. The number of benzene rings is 2. The zero-order chi connectivity index (χ0) is 15.2. The summed E-state index contributed by atoms with van der Waals surface area (Å²) in [5.74, 6) is 0.423. The van der Waals surface area contributed by atoms with Gasteiger partial charge in [0.15, 0.2) is 0 Å². The predicted molar refractivity (Wildman–Crippen MR) is 81.7 cm³/mol. The molecule has 5 heteroatoms. The topological polar surface area (TPSA) is 58.6 Å². The first-order valence-corrected chi connectivity index (χ1v) is 6.84. The number of carbonyl (C=O) groups is 1. The third-order valence-electron chi connectivity index (χ3n) is 3.07. The molecule has 0 heterocycles. The number of hydrogen-bond acceptors (Lipinski definition) is 3. The summed E-state index contributed by atoms with van der Waals surface area (Å²) in [5.41, 5.74) is 1.09. The van der Waals surface area contributed by atoms with Crippen molar-refractivity contribution in [1.82, 2.24) is 5.32 Å². The number of aliphatic hydroxyl groups is 1. The van der Waals surface area contributed by atoms with Gasteiger partial charge in [0, 0.05) is 22.7 Å². The third-order valence-corrected chi connectivity index (χ3v) is 3.42. The van der Waals surface area contributed by atoms with E-state index in [0.717, 1.165) is 0 Å². The molecule has 0 saturated heterocycles. The van der Waals surface area contributed by atoms with Crippen molar-refractivity contribution >= 4 is 17.5 Å². The smallest absolute Gasteiger partial charge is 0.251 e. The van der Waals surface area contributed by atoms with E-state index in [1.165, 1.54) is 0 Å². The highest BCUT2D eigenvalue weighted by Crippen LogP contribution is 2.22. The van der Waals surface area contributed by atoms with E-state index in [1.54, 1.807) is 55.6 Å². The third kappa shape index (κ3) is 3.97. The van der Waals surface area contributed by atoms with Crippen molar-refractivity contribution in [3.63, 3.8) is 0 Å². The van der Waals surface area contributed by atoms with Crippen molar-refractivity contribution < 1.29 is 14.6 Å². The molecule has 0 radical (unpaired) electrons. The van der Waals surface area contributed by atoms with Gasteiger partial charge in [-0.25, -0.2) is 0 Å². The maximum Gasteiger partial charge on any atom is 0.251 e. The standard InChI is InChI=1S/C16H16ClNO3/c1-21-12-8-6-11(7-9-12)16(20)18-10-15(19)13-4-2-3-5-14(13)17/h2-9,15,19H,10H2,1H3,(H,18,20). The average molecular weight is 306 g/mol. The zero-order valence-corrected chi connectivity index (χ0v) is 12.3. The van der Waals surface area contributed by atoms with Gasteiger partial charge in [0.1, 0.15) is 5.75 Å². The summed E-state index contributed by atoms with van der Waals surface area (Å²) in [6.07, 6.45) is -0.846. The van der Waals surface area contributed by atoms with E-state index in [0.29, 0.717) is 21.9 Å². The fraction of sp³-hybridized carbons (Fsp3) is 0.188. The number of ether oxygens (including phenoxy) is 1. The molecule has 0 aromatic heterocycles. The number of halogens is 1. The van der Waals surface area contributed by atoms with E-state index in [1.807, 2.05) is 0 Å². The second-order valence-corrected chi connectivity index (χ2v) is 4.88. The van der Waals surface area contributed by atoms with Gasteiger partial charge >= 0.3 is 0 Å². The highest BCUT2D eigenvalue weighted by Gasteiger charge is 2.13. The van der Waals surface area contributed by atoms with Gasteiger partial charge in [-0.05, 0) is 30.3 Å². The monoisotopic (exact) mass is 305 g/mol. The Balaban J connectivity index is 1.95. The highest BCUT2D eigenvalue weighted by atomic mass is 35.5. The summed E-state index contributed by atoms with van der Waals surface area (Å²) >= 11 is 6.00. The van der Waals surface area contributed by atoms with Crippen LogP contribution in [0, 0.1) is 0 Å². The Hall–Kier alpha value is -2.04. The molecule has 110 valence electrons. The van der Waals surface area contributed by atoms with Crippen LogP contribution in [-0.4, -0.2) is 24.7 Å². The first kappa shape index (κ1) is 15.4. The van der Waals surface area contributed by atoms with E-state index >= 15 is 0 Å². The van der Waals surface area contributed by atoms with Crippen LogP contribution in [-0.2, 0) is 0 Å². The Bertz CT molecular complexity index is 613. The van der Waals surface area contributed by atoms with Crippen molar-refractivity contribution in [3.05, 3.63) is 64.7 Å². The number of rotatable bonds is 5. The minimum absolute atomic E-state index is 0.0919. The van der Waals surface area contributed by atoms with Gasteiger partial charge in [0.25, 0.3) is 5.91 Å². The molecule has 1 atom stereocenters. The molecule has 0 saturated carbocycles. The molecule has 0 spiro atoms. The first-order valence-electron chi connectivity index (χ1n) is 6.46. The van der Waals surface area contributed by atoms with Crippen LogP contribution in [0.3, 0.4) is 0 Å². The van der Waals surface area contributed by atoms with Crippen LogP contribution in [0.4, 0.5) is 0 Å². The van der Waals surface area contributed by atoms with Crippen LogP contribution in [0.15, 0.2) is 48.5 Å². The van der Waals surface area contributed by atoms with Gasteiger partial charge in [-0.1, -0.05) is 29.8 Å². The Morgan fingerprint density at radius 3 is 2.52 bits per heavy atom. The van der Waals surface area contributed by atoms with E-state index < -0.39 is 6.10 Å². The van der Waals surface area contributed by atoms with E-state index in [4.69, 9.17) is 16.3 Å². The largest absolute Gasteiger partial charge is 0.497 e. The Kier molecular flexibility index (Phi) is 5.20. The molecule has 21 heavy (non-hydrogen) atoms.